The second-order valence-electron chi connectivity index (χ2n) is 6.00. The zero-order valence-corrected chi connectivity index (χ0v) is 13.3. The van der Waals surface area contributed by atoms with Crippen LogP contribution in [0.5, 0.6) is 0 Å². The maximum Gasteiger partial charge on any atom is 0.352 e. The molecule has 0 radical (unpaired) electrons. The lowest BCUT2D eigenvalue weighted by Crippen LogP contribution is -2.44. The molecule has 1 aliphatic heterocycles. The lowest BCUT2D eigenvalue weighted by Gasteiger charge is -2.31. The number of ether oxygens (including phenoxy) is 1. The van der Waals surface area contributed by atoms with Crippen molar-refractivity contribution in [3.63, 3.8) is 0 Å². The van der Waals surface area contributed by atoms with Gasteiger partial charge in [0.15, 0.2) is 15.8 Å². The average molecular weight is 298 g/mol. The number of nitrogen functional groups attached to an aromatic ring is 1. The van der Waals surface area contributed by atoms with Gasteiger partial charge in [0.05, 0.1) is 0 Å². The molecule has 0 amide bonds. The Hall–Kier alpha value is -1.34. The van der Waals surface area contributed by atoms with Crippen molar-refractivity contribution in [1.29, 1.82) is 0 Å². The van der Waals surface area contributed by atoms with Gasteiger partial charge in [0, 0.05) is 26.2 Å². The summed E-state index contributed by atoms with van der Waals surface area (Å²) in [7, 11) is 2.10. The normalized spacial score (nSPS) is 17.3. The van der Waals surface area contributed by atoms with Crippen molar-refractivity contribution in [3.05, 3.63) is 4.88 Å². The van der Waals surface area contributed by atoms with Crippen LogP contribution < -0.4 is 10.6 Å². The van der Waals surface area contributed by atoms with E-state index in [1.54, 1.807) is 0 Å². The molecule has 0 saturated carbocycles. The molecular formula is C13H22N4O2S. The summed E-state index contributed by atoms with van der Waals surface area (Å²) in [6.45, 7) is 9.29. The third-order valence-electron chi connectivity index (χ3n) is 3.00. The van der Waals surface area contributed by atoms with Crippen molar-refractivity contribution in [1.82, 2.24) is 9.88 Å². The number of hydrogen-bond acceptors (Lipinski definition) is 7. The van der Waals surface area contributed by atoms with E-state index >= 15 is 0 Å². The van der Waals surface area contributed by atoms with Crippen LogP contribution in [0.1, 0.15) is 30.4 Å². The van der Waals surface area contributed by atoms with E-state index in [9.17, 15) is 4.79 Å². The van der Waals surface area contributed by atoms with Crippen molar-refractivity contribution < 1.29 is 9.53 Å². The van der Waals surface area contributed by atoms with E-state index in [0.29, 0.717) is 4.88 Å². The molecule has 0 spiro atoms. The van der Waals surface area contributed by atoms with Crippen LogP contribution >= 0.6 is 11.3 Å². The molecule has 2 rings (SSSR count). The van der Waals surface area contributed by atoms with Crippen LogP contribution in [0.4, 0.5) is 10.9 Å². The van der Waals surface area contributed by atoms with E-state index in [1.807, 2.05) is 20.8 Å². The maximum absolute atomic E-state index is 12.1. The number of carbonyl (C=O) groups excluding carboxylic acids is 1. The lowest BCUT2D eigenvalue weighted by molar-refractivity contribution is 0.00762. The second kappa shape index (κ2) is 5.57. The molecule has 7 heteroatoms. The van der Waals surface area contributed by atoms with E-state index < -0.39 is 11.6 Å². The largest absolute Gasteiger partial charge is 0.456 e. The quantitative estimate of drug-likeness (QED) is 0.833. The Balaban J connectivity index is 2.11. The smallest absolute Gasteiger partial charge is 0.352 e. The first-order valence-electron chi connectivity index (χ1n) is 6.69. The molecule has 1 fully saturated rings. The number of hydrogen-bond donors (Lipinski definition) is 1. The van der Waals surface area contributed by atoms with E-state index in [-0.39, 0.29) is 5.82 Å². The fourth-order valence-electron chi connectivity index (χ4n) is 1.92. The molecule has 2 heterocycles. The predicted octanol–water partition coefficient (Wildman–Crippen LogP) is 1.43. The Morgan fingerprint density at radius 3 is 2.45 bits per heavy atom. The Morgan fingerprint density at radius 2 is 1.90 bits per heavy atom. The topological polar surface area (TPSA) is 71.7 Å². The highest BCUT2D eigenvalue weighted by Gasteiger charge is 2.25. The van der Waals surface area contributed by atoms with Crippen LogP contribution in [-0.4, -0.2) is 54.7 Å². The Kier molecular flexibility index (Phi) is 4.19. The van der Waals surface area contributed by atoms with E-state index in [0.717, 1.165) is 31.3 Å². The van der Waals surface area contributed by atoms with Crippen LogP contribution in [0.25, 0.3) is 0 Å². The predicted molar refractivity (Wildman–Crippen MR) is 81.4 cm³/mol. The Bertz CT molecular complexity index is 487. The number of piperazine rings is 1. The Morgan fingerprint density at radius 1 is 1.30 bits per heavy atom. The first-order chi connectivity index (χ1) is 9.26. The molecule has 0 aliphatic carbocycles. The number of rotatable bonds is 2. The molecule has 0 atom stereocenters. The molecule has 1 saturated heterocycles. The summed E-state index contributed by atoms with van der Waals surface area (Å²) < 4.78 is 5.35. The van der Waals surface area contributed by atoms with Crippen LogP contribution in [0.2, 0.25) is 0 Å². The van der Waals surface area contributed by atoms with Crippen molar-refractivity contribution in [3.8, 4) is 0 Å². The fraction of sp³-hybridized carbons (Fsp3) is 0.692. The molecule has 0 unspecified atom stereocenters. The summed E-state index contributed by atoms with van der Waals surface area (Å²) in [5.41, 5.74) is 5.33. The van der Waals surface area contributed by atoms with Gasteiger partial charge in [-0.1, -0.05) is 11.3 Å². The first-order valence-corrected chi connectivity index (χ1v) is 7.51. The minimum atomic E-state index is -0.526. The molecule has 1 aromatic rings. The van der Waals surface area contributed by atoms with Gasteiger partial charge < -0.3 is 20.3 Å². The summed E-state index contributed by atoms with van der Waals surface area (Å²) in [5.74, 6) is -0.133. The number of nitrogens with zero attached hydrogens (tertiary/aromatic N) is 3. The van der Waals surface area contributed by atoms with Gasteiger partial charge in [-0.05, 0) is 27.8 Å². The number of aromatic nitrogens is 1. The van der Waals surface area contributed by atoms with Crippen molar-refractivity contribution in [2.75, 3.05) is 43.9 Å². The highest BCUT2D eigenvalue weighted by Crippen LogP contribution is 2.30. The van der Waals surface area contributed by atoms with E-state index in [4.69, 9.17) is 10.5 Å². The molecule has 20 heavy (non-hydrogen) atoms. The van der Waals surface area contributed by atoms with Gasteiger partial charge in [-0.25, -0.2) is 9.78 Å². The third kappa shape index (κ3) is 3.61. The molecule has 1 aromatic heterocycles. The summed E-state index contributed by atoms with van der Waals surface area (Å²) in [6, 6.07) is 0. The van der Waals surface area contributed by atoms with Crippen LogP contribution in [-0.2, 0) is 4.74 Å². The van der Waals surface area contributed by atoms with Crippen LogP contribution in [0.15, 0.2) is 0 Å². The Labute approximate surface area is 123 Å². The minimum Gasteiger partial charge on any atom is -0.456 e. The number of esters is 1. The average Bonchev–Trinajstić information content (AvgIpc) is 2.70. The number of anilines is 2. The second-order valence-corrected chi connectivity index (χ2v) is 6.98. The van der Waals surface area contributed by atoms with Crippen LogP contribution in [0, 0.1) is 0 Å². The number of carbonyl (C=O) groups is 1. The van der Waals surface area contributed by atoms with Gasteiger partial charge in [-0.2, -0.15) is 0 Å². The summed E-state index contributed by atoms with van der Waals surface area (Å²) in [5, 5.41) is 0.802. The molecular weight excluding hydrogens is 276 g/mol. The van der Waals surface area contributed by atoms with E-state index in [2.05, 4.69) is 21.8 Å². The van der Waals surface area contributed by atoms with Crippen molar-refractivity contribution >= 4 is 28.3 Å². The summed E-state index contributed by atoms with van der Waals surface area (Å²) >= 11 is 1.31. The summed E-state index contributed by atoms with van der Waals surface area (Å²) in [6.07, 6.45) is 0. The third-order valence-corrected chi connectivity index (χ3v) is 4.11. The SMILES string of the molecule is CN1CCN(c2nc(N)c(C(=O)OC(C)(C)C)s2)CC1. The highest BCUT2D eigenvalue weighted by atomic mass is 32.1. The summed E-state index contributed by atoms with van der Waals surface area (Å²) in [4.78, 5) is 21.2. The molecule has 1 aliphatic rings. The van der Waals surface area contributed by atoms with Gasteiger partial charge in [0.25, 0.3) is 0 Å². The van der Waals surface area contributed by atoms with Crippen LogP contribution in [0.3, 0.4) is 0 Å². The zero-order valence-electron chi connectivity index (χ0n) is 12.5. The zero-order chi connectivity index (χ0) is 14.9. The standard InChI is InChI=1S/C13H22N4O2S/c1-13(2,3)19-11(18)9-10(14)15-12(20-9)17-7-5-16(4)6-8-17/h5-8,14H2,1-4H3. The van der Waals surface area contributed by atoms with Gasteiger partial charge in [0.2, 0.25) is 0 Å². The molecule has 6 nitrogen and oxygen atoms in total. The molecule has 0 bridgehead atoms. The first kappa shape index (κ1) is 15.1. The highest BCUT2D eigenvalue weighted by molar-refractivity contribution is 7.18. The van der Waals surface area contributed by atoms with Gasteiger partial charge in [-0.3, -0.25) is 0 Å². The van der Waals surface area contributed by atoms with Gasteiger partial charge >= 0.3 is 5.97 Å². The number of nitrogens with two attached hydrogens (primary N) is 1. The minimum absolute atomic E-state index is 0.262. The molecule has 0 aromatic carbocycles. The van der Waals surface area contributed by atoms with Gasteiger partial charge in [-0.15, -0.1) is 0 Å². The van der Waals surface area contributed by atoms with Crippen molar-refractivity contribution in [2.24, 2.45) is 0 Å². The monoisotopic (exact) mass is 298 g/mol. The number of likely N-dealkylation sites (N-methyl/N-ethyl adjacent to an activating group) is 1. The van der Waals surface area contributed by atoms with E-state index in [1.165, 1.54) is 11.3 Å². The molecule has 2 N–H and O–H groups in total. The molecule has 112 valence electrons. The van der Waals surface area contributed by atoms with Gasteiger partial charge in [0.1, 0.15) is 5.60 Å². The lowest BCUT2D eigenvalue weighted by atomic mass is 10.2. The number of thiazole rings is 1. The maximum atomic E-state index is 12.1. The van der Waals surface area contributed by atoms with Crippen molar-refractivity contribution in [2.45, 2.75) is 26.4 Å². The fourth-order valence-corrected chi connectivity index (χ4v) is 2.84.